The highest BCUT2D eigenvalue weighted by Gasteiger charge is 2.23. The molecular formula is C46H31NO. The van der Waals surface area contributed by atoms with Crippen molar-refractivity contribution in [1.82, 2.24) is 0 Å². The van der Waals surface area contributed by atoms with Gasteiger partial charge in [0, 0.05) is 33.5 Å². The van der Waals surface area contributed by atoms with Gasteiger partial charge in [0.15, 0.2) is 0 Å². The van der Waals surface area contributed by atoms with Crippen LogP contribution in [0.2, 0.25) is 0 Å². The lowest BCUT2D eigenvalue weighted by molar-refractivity contribution is 0.669. The molecule has 1 heterocycles. The molecule has 0 saturated carbocycles. The lowest BCUT2D eigenvalue weighted by atomic mass is 9.95. The average Bonchev–Trinajstić information content (AvgIpc) is 3.53. The number of hydrogen-bond acceptors (Lipinski definition) is 2. The van der Waals surface area contributed by atoms with Crippen molar-refractivity contribution >= 4 is 49.8 Å². The quantitative estimate of drug-likeness (QED) is 0.185. The summed E-state index contributed by atoms with van der Waals surface area (Å²) in [5.41, 5.74) is 12.1. The largest absolute Gasteiger partial charge is 0.456 e. The van der Waals surface area contributed by atoms with Gasteiger partial charge in [0.2, 0.25) is 0 Å². The van der Waals surface area contributed by atoms with E-state index in [9.17, 15) is 0 Å². The van der Waals surface area contributed by atoms with Crippen LogP contribution in [0, 0.1) is 0 Å². The molecular weight excluding hydrogens is 583 g/mol. The van der Waals surface area contributed by atoms with Crippen molar-refractivity contribution in [2.45, 2.75) is 0 Å². The first-order chi connectivity index (χ1) is 23.8. The second-order valence-corrected chi connectivity index (χ2v) is 12.1. The monoisotopic (exact) mass is 613 g/mol. The highest BCUT2D eigenvalue weighted by molar-refractivity contribution is 6.11. The molecule has 0 bridgehead atoms. The maximum Gasteiger partial charge on any atom is 0.137 e. The summed E-state index contributed by atoms with van der Waals surface area (Å²) < 4.78 is 6.52. The van der Waals surface area contributed by atoms with Crippen molar-refractivity contribution in [1.29, 1.82) is 0 Å². The van der Waals surface area contributed by atoms with Crippen LogP contribution in [0.5, 0.6) is 0 Å². The summed E-state index contributed by atoms with van der Waals surface area (Å²) in [4.78, 5) is 2.40. The zero-order valence-electron chi connectivity index (χ0n) is 26.3. The predicted octanol–water partition coefficient (Wildman–Crippen LogP) is 13.2. The summed E-state index contributed by atoms with van der Waals surface area (Å²) in [6.45, 7) is 0. The van der Waals surface area contributed by atoms with Crippen LogP contribution in [0.4, 0.5) is 17.1 Å². The second kappa shape index (κ2) is 11.8. The molecule has 0 saturated heterocycles. The molecule has 0 N–H and O–H groups in total. The Balaban J connectivity index is 1.34. The smallest absolute Gasteiger partial charge is 0.137 e. The van der Waals surface area contributed by atoms with Crippen molar-refractivity contribution in [3.8, 4) is 33.4 Å². The minimum Gasteiger partial charge on any atom is -0.456 e. The Labute approximate surface area is 279 Å². The molecule has 1 aromatic heterocycles. The molecule has 8 aromatic carbocycles. The minimum atomic E-state index is 0.863. The number of anilines is 3. The van der Waals surface area contributed by atoms with Gasteiger partial charge in [-0.2, -0.15) is 0 Å². The summed E-state index contributed by atoms with van der Waals surface area (Å²) in [5.74, 6) is 0. The van der Waals surface area contributed by atoms with E-state index in [1.165, 1.54) is 33.0 Å². The van der Waals surface area contributed by atoms with Crippen LogP contribution in [0.3, 0.4) is 0 Å². The normalized spacial score (nSPS) is 11.3. The number of benzene rings is 8. The van der Waals surface area contributed by atoms with Crippen LogP contribution in [0.1, 0.15) is 0 Å². The van der Waals surface area contributed by atoms with Crippen LogP contribution in [-0.4, -0.2) is 0 Å². The summed E-state index contributed by atoms with van der Waals surface area (Å²) in [6.07, 6.45) is 0. The van der Waals surface area contributed by atoms with E-state index in [0.717, 1.165) is 50.1 Å². The van der Waals surface area contributed by atoms with Gasteiger partial charge in [0.25, 0.3) is 0 Å². The highest BCUT2D eigenvalue weighted by atomic mass is 16.3. The number of hydrogen-bond donors (Lipinski definition) is 0. The number of para-hydroxylation sites is 1. The van der Waals surface area contributed by atoms with Gasteiger partial charge in [0.1, 0.15) is 11.2 Å². The van der Waals surface area contributed by atoms with E-state index >= 15 is 0 Å². The van der Waals surface area contributed by atoms with Crippen molar-refractivity contribution in [3.63, 3.8) is 0 Å². The summed E-state index contributed by atoms with van der Waals surface area (Å²) in [7, 11) is 0. The van der Waals surface area contributed by atoms with Crippen LogP contribution >= 0.6 is 0 Å². The van der Waals surface area contributed by atoms with E-state index in [0.29, 0.717) is 0 Å². The third-order valence-corrected chi connectivity index (χ3v) is 9.28. The fourth-order valence-corrected chi connectivity index (χ4v) is 6.98. The highest BCUT2D eigenvalue weighted by Crippen LogP contribution is 2.47. The van der Waals surface area contributed by atoms with E-state index in [1.54, 1.807) is 0 Å². The molecule has 226 valence electrons. The van der Waals surface area contributed by atoms with Gasteiger partial charge in [-0.05, 0) is 63.5 Å². The van der Waals surface area contributed by atoms with Gasteiger partial charge >= 0.3 is 0 Å². The molecule has 0 amide bonds. The molecule has 48 heavy (non-hydrogen) atoms. The molecule has 0 aliphatic heterocycles. The zero-order valence-corrected chi connectivity index (χ0v) is 26.3. The predicted molar refractivity (Wildman–Crippen MR) is 202 cm³/mol. The summed E-state index contributed by atoms with van der Waals surface area (Å²) >= 11 is 0. The Kier molecular flexibility index (Phi) is 6.84. The molecule has 0 radical (unpaired) electrons. The zero-order chi connectivity index (χ0) is 31.9. The number of furan rings is 1. The third-order valence-electron chi connectivity index (χ3n) is 9.28. The Hall–Kier alpha value is -6.38. The Morgan fingerprint density at radius 2 is 0.854 bits per heavy atom. The lowest BCUT2D eigenvalue weighted by Crippen LogP contribution is -2.12. The molecule has 9 aromatic rings. The SMILES string of the molecule is c1ccc(-c2ccc(N(c3cc4oc5ccccc5c4cc3-c3ccccc3)c3ccc(-c4ccccc4)c4ccccc34)cc2)cc1. The number of rotatable bonds is 6. The van der Waals surface area contributed by atoms with Gasteiger partial charge in [-0.15, -0.1) is 0 Å². The van der Waals surface area contributed by atoms with Crippen molar-refractivity contribution in [3.05, 3.63) is 188 Å². The lowest BCUT2D eigenvalue weighted by Gasteiger charge is -2.30. The molecule has 0 spiro atoms. The molecule has 0 unspecified atom stereocenters. The Morgan fingerprint density at radius 3 is 1.54 bits per heavy atom. The average molecular weight is 614 g/mol. The van der Waals surface area contributed by atoms with Gasteiger partial charge in [-0.25, -0.2) is 0 Å². The van der Waals surface area contributed by atoms with Gasteiger partial charge < -0.3 is 9.32 Å². The van der Waals surface area contributed by atoms with Crippen LogP contribution < -0.4 is 4.90 Å². The van der Waals surface area contributed by atoms with Gasteiger partial charge in [-0.1, -0.05) is 152 Å². The number of fused-ring (bicyclic) bond motifs is 4. The second-order valence-electron chi connectivity index (χ2n) is 12.1. The van der Waals surface area contributed by atoms with E-state index in [-0.39, 0.29) is 0 Å². The van der Waals surface area contributed by atoms with Crippen molar-refractivity contribution < 1.29 is 4.42 Å². The van der Waals surface area contributed by atoms with Crippen LogP contribution in [-0.2, 0) is 0 Å². The molecule has 9 rings (SSSR count). The third kappa shape index (κ3) is 4.83. The molecule has 0 aliphatic carbocycles. The first-order valence-electron chi connectivity index (χ1n) is 16.4. The molecule has 0 fully saturated rings. The molecule has 2 nitrogen and oxygen atoms in total. The molecule has 0 atom stereocenters. The molecule has 2 heteroatoms. The fraction of sp³-hybridized carbons (Fsp3) is 0. The molecule has 0 aliphatic rings. The van der Waals surface area contributed by atoms with Crippen molar-refractivity contribution in [2.75, 3.05) is 4.90 Å². The fourth-order valence-electron chi connectivity index (χ4n) is 6.98. The van der Waals surface area contributed by atoms with Crippen LogP contribution in [0.15, 0.2) is 192 Å². The standard InChI is InChI=1S/C46H31NO/c1-4-14-32(15-5-1)33-24-26-36(27-25-33)47(43-29-28-37(34-16-6-2-7-17-34)38-20-10-11-21-39(38)43)44-31-46-42(40-22-12-13-23-45(40)48-46)30-41(44)35-18-8-3-9-19-35/h1-31H. The Morgan fingerprint density at radius 1 is 0.312 bits per heavy atom. The number of nitrogens with zero attached hydrogens (tertiary/aromatic N) is 1. The minimum absolute atomic E-state index is 0.863. The van der Waals surface area contributed by atoms with E-state index < -0.39 is 0 Å². The summed E-state index contributed by atoms with van der Waals surface area (Å²) in [5, 5.41) is 4.61. The van der Waals surface area contributed by atoms with Crippen LogP contribution in [0.25, 0.3) is 66.1 Å². The maximum absolute atomic E-state index is 6.52. The maximum atomic E-state index is 6.52. The topological polar surface area (TPSA) is 16.4 Å². The van der Waals surface area contributed by atoms with Gasteiger partial charge in [-0.3, -0.25) is 0 Å². The Bertz CT molecular complexity index is 2530. The summed E-state index contributed by atoms with van der Waals surface area (Å²) in [6, 6.07) is 66.9. The van der Waals surface area contributed by atoms with Crippen molar-refractivity contribution in [2.24, 2.45) is 0 Å². The van der Waals surface area contributed by atoms with E-state index in [1.807, 2.05) is 12.1 Å². The van der Waals surface area contributed by atoms with Gasteiger partial charge in [0.05, 0.1) is 11.4 Å². The van der Waals surface area contributed by atoms with E-state index in [4.69, 9.17) is 4.42 Å². The first-order valence-corrected chi connectivity index (χ1v) is 16.4. The first kappa shape index (κ1) is 27.9. The van der Waals surface area contributed by atoms with E-state index in [2.05, 4.69) is 181 Å².